The average molecular weight is 469 g/mol. The molecule has 3 rings (SSSR count). The Labute approximate surface area is 192 Å². The molecule has 1 atom stereocenters. The normalized spacial score (nSPS) is 11.8. The van der Waals surface area contributed by atoms with Crippen LogP contribution in [0.5, 0.6) is 5.75 Å². The highest BCUT2D eigenvalue weighted by Crippen LogP contribution is 2.21. The van der Waals surface area contributed by atoms with Gasteiger partial charge in [-0.15, -0.1) is 0 Å². The summed E-state index contributed by atoms with van der Waals surface area (Å²) < 4.78 is 38.3. The van der Waals surface area contributed by atoms with Crippen LogP contribution >= 0.6 is 0 Å². The summed E-state index contributed by atoms with van der Waals surface area (Å²) in [5.41, 5.74) is 1.00. The van der Waals surface area contributed by atoms with Gasteiger partial charge in [-0.2, -0.15) is 0 Å². The monoisotopic (exact) mass is 468 g/mol. The molecule has 0 radical (unpaired) electrons. The quantitative estimate of drug-likeness (QED) is 0.506. The van der Waals surface area contributed by atoms with Gasteiger partial charge in [-0.05, 0) is 61.5 Å². The number of amides is 1. The fourth-order valence-electron chi connectivity index (χ4n) is 2.99. The van der Waals surface area contributed by atoms with E-state index in [0.717, 1.165) is 0 Å². The molecule has 9 heteroatoms. The summed E-state index contributed by atoms with van der Waals surface area (Å²) in [7, 11) is -0.862. The first-order valence-electron chi connectivity index (χ1n) is 10.0. The third kappa shape index (κ3) is 5.89. The van der Waals surface area contributed by atoms with Crippen LogP contribution < -0.4 is 14.4 Å². The van der Waals surface area contributed by atoms with Gasteiger partial charge in [0.25, 0.3) is 15.9 Å². The van der Waals surface area contributed by atoms with E-state index in [9.17, 15) is 18.0 Å². The molecule has 1 unspecified atom stereocenters. The summed E-state index contributed by atoms with van der Waals surface area (Å²) in [6, 6.07) is 20.7. The van der Waals surface area contributed by atoms with E-state index < -0.39 is 28.0 Å². The number of methoxy groups -OCH3 is 1. The van der Waals surface area contributed by atoms with Gasteiger partial charge in [0.15, 0.2) is 6.10 Å². The van der Waals surface area contributed by atoms with Crippen LogP contribution in [0.25, 0.3) is 0 Å². The van der Waals surface area contributed by atoms with Crippen molar-refractivity contribution in [2.24, 2.45) is 0 Å². The first-order chi connectivity index (χ1) is 15.7. The highest BCUT2D eigenvalue weighted by molar-refractivity contribution is 7.92. The number of likely N-dealkylation sites (N-methyl/N-ethyl adjacent to an activating group) is 1. The summed E-state index contributed by atoms with van der Waals surface area (Å²) in [5.74, 6) is -0.637. The van der Waals surface area contributed by atoms with Crippen molar-refractivity contribution in [2.45, 2.75) is 17.9 Å². The molecule has 0 spiro atoms. The molecule has 0 fully saturated rings. The Kier molecular flexibility index (Phi) is 7.34. The van der Waals surface area contributed by atoms with Crippen molar-refractivity contribution in [3.63, 3.8) is 0 Å². The number of rotatable bonds is 8. The van der Waals surface area contributed by atoms with Gasteiger partial charge in [0.2, 0.25) is 0 Å². The van der Waals surface area contributed by atoms with Crippen molar-refractivity contribution in [1.29, 1.82) is 0 Å². The van der Waals surface area contributed by atoms with E-state index in [1.54, 1.807) is 55.6 Å². The fraction of sp³-hybridized carbons (Fsp3) is 0.167. The lowest BCUT2D eigenvalue weighted by atomic mass is 10.2. The van der Waals surface area contributed by atoms with Gasteiger partial charge in [0.1, 0.15) is 5.75 Å². The number of nitrogens with one attached hydrogen (secondary N) is 1. The number of benzene rings is 3. The van der Waals surface area contributed by atoms with E-state index in [-0.39, 0.29) is 10.5 Å². The molecule has 0 aliphatic rings. The van der Waals surface area contributed by atoms with Crippen molar-refractivity contribution in [1.82, 2.24) is 0 Å². The second-order valence-corrected chi connectivity index (χ2v) is 8.82. The second kappa shape index (κ2) is 10.2. The van der Waals surface area contributed by atoms with Gasteiger partial charge in [0.05, 0.1) is 17.6 Å². The number of anilines is 2. The largest absolute Gasteiger partial charge is 0.497 e. The van der Waals surface area contributed by atoms with Gasteiger partial charge in [-0.1, -0.05) is 24.3 Å². The van der Waals surface area contributed by atoms with Crippen LogP contribution in [-0.4, -0.2) is 40.6 Å². The lowest BCUT2D eigenvalue weighted by molar-refractivity contribution is -0.126. The summed E-state index contributed by atoms with van der Waals surface area (Å²) >= 11 is 0. The molecule has 1 N–H and O–H groups in total. The first kappa shape index (κ1) is 23.8. The van der Waals surface area contributed by atoms with Gasteiger partial charge in [0, 0.05) is 18.4 Å². The Morgan fingerprint density at radius 1 is 0.939 bits per heavy atom. The molecule has 33 heavy (non-hydrogen) atoms. The third-order valence-electron chi connectivity index (χ3n) is 4.83. The summed E-state index contributed by atoms with van der Waals surface area (Å²) in [6.07, 6.45) is -1.07. The molecule has 1 amide bonds. The zero-order chi connectivity index (χ0) is 24.0. The first-order valence-corrected chi connectivity index (χ1v) is 11.5. The highest BCUT2D eigenvalue weighted by Gasteiger charge is 2.24. The Hall–Kier alpha value is -3.85. The number of esters is 1. The third-order valence-corrected chi connectivity index (χ3v) is 6.21. The number of carbonyl (C=O) groups excluding carboxylic acids is 2. The van der Waals surface area contributed by atoms with Crippen molar-refractivity contribution in [3.8, 4) is 5.75 Å². The SMILES string of the molecule is COc1ccc(NS(=O)(=O)c2cccc(C(=O)OC(C)C(=O)N(C)c3ccccc3)c2)cc1. The Morgan fingerprint density at radius 3 is 2.24 bits per heavy atom. The maximum Gasteiger partial charge on any atom is 0.338 e. The molecule has 8 nitrogen and oxygen atoms in total. The molecule has 0 aliphatic heterocycles. The van der Waals surface area contributed by atoms with Gasteiger partial charge in [-0.25, -0.2) is 13.2 Å². The molecule has 0 bridgehead atoms. The maximum absolute atomic E-state index is 12.8. The smallest absolute Gasteiger partial charge is 0.338 e. The molecule has 0 aromatic heterocycles. The number of para-hydroxylation sites is 1. The summed E-state index contributed by atoms with van der Waals surface area (Å²) in [4.78, 5) is 26.5. The highest BCUT2D eigenvalue weighted by atomic mass is 32.2. The lowest BCUT2D eigenvalue weighted by Gasteiger charge is -2.21. The van der Waals surface area contributed by atoms with Crippen LogP contribution in [0.1, 0.15) is 17.3 Å². The number of ether oxygens (including phenoxy) is 2. The molecule has 172 valence electrons. The molecule has 0 saturated heterocycles. The Bertz CT molecular complexity index is 1230. The van der Waals surface area contributed by atoms with Gasteiger partial charge < -0.3 is 14.4 Å². The number of hydrogen-bond donors (Lipinski definition) is 1. The predicted molar refractivity (Wildman–Crippen MR) is 125 cm³/mol. The van der Waals surface area contributed by atoms with E-state index in [1.807, 2.05) is 6.07 Å². The zero-order valence-corrected chi connectivity index (χ0v) is 19.2. The molecule has 3 aromatic rings. The van der Waals surface area contributed by atoms with E-state index >= 15 is 0 Å². The van der Waals surface area contributed by atoms with Crippen LogP contribution in [0.15, 0.2) is 83.8 Å². The van der Waals surface area contributed by atoms with Crippen LogP contribution in [0.2, 0.25) is 0 Å². The average Bonchev–Trinajstić information content (AvgIpc) is 2.84. The van der Waals surface area contributed by atoms with Crippen LogP contribution in [0.3, 0.4) is 0 Å². The Morgan fingerprint density at radius 2 is 1.61 bits per heavy atom. The number of carbonyl (C=O) groups is 2. The molecule has 0 aliphatic carbocycles. The molecular weight excluding hydrogens is 444 g/mol. The second-order valence-electron chi connectivity index (χ2n) is 7.14. The number of hydrogen-bond acceptors (Lipinski definition) is 6. The number of nitrogens with zero attached hydrogens (tertiary/aromatic N) is 1. The van der Waals surface area contributed by atoms with E-state index in [1.165, 1.54) is 43.2 Å². The minimum Gasteiger partial charge on any atom is -0.497 e. The predicted octanol–water partition coefficient (Wildman–Crippen LogP) is 3.70. The van der Waals surface area contributed by atoms with E-state index in [0.29, 0.717) is 17.1 Å². The maximum atomic E-state index is 12.8. The zero-order valence-electron chi connectivity index (χ0n) is 18.4. The van der Waals surface area contributed by atoms with Crippen molar-refractivity contribution in [2.75, 3.05) is 23.8 Å². The van der Waals surface area contributed by atoms with Crippen molar-refractivity contribution >= 4 is 33.3 Å². The topological polar surface area (TPSA) is 102 Å². The fourth-order valence-corrected chi connectivity index (χ4v) is 4.10. The van der Waals surface area contributed by atoms with Gasteiger partial charge in [-0.3, -0.25) is 9.52 Å². The lowest BCUT2D eigenvalue weighted by Crippen LogP contribution is -2.37. The molecule has 0 heterocycles. The Balaban J connectivity index is 1.71. The van der Waals surface area contributed by atoms with Crippen LogP contribution in [0, 0.1) is 0 Å². The van der Waals surface area contributed by atoms with Crippen molar-refractivity contribution in [3.05, 3.63) is 84.4 Å². The van der Waals surface area contributed by atoms with Crippen LogP contribution in [-0.2, 0) is 19.6 Å². The minimum atomic E-state index is -3.96. The van der Waals surface area contributed by atoms with Crippen molar-refractivity contribution < 1.29 is 27.5 Å². The molecule has 0 saturated carbocycles. The summed E-state index contributed by atoms with van der Waals surface area (Å²) in [5, 5.41) is 0. The molecule has 3 aromatic carbocycles. The van der Waals surface area contributed by atoms with Crippen LogP contribution in [0.4, 0.5) is 11.4 Å². The number of sulfonamides is 1. The summed E-state index contributed by atoms with van der Waals surface area (Å²) in [6.45, 7) is 1.46. The standard InChI is InChI=1S/C24H24N2O6S/c1-17(23(27)26(2)20-9-5-4-6-10-20)32-24(28)18-8-7-11-22(16-18)33(29,30)25-19-12-14-21(31-3)15-13-19/h4-17,25H,1-3H3. The van der Waals surface area contributed by atoms with Gasteiger partial charge >= 0.3 is 5.97 Å². The van der Waals surface area contributed by atoms with E-state index in [4.69, 9.17) is 9.47 Å². The molecular formula is C24H24N2O6S. The minimum absolute atomic E-state index is 0.00891. The van der Waals surface area contributed by atoms with E-state index in [2.05, 4.69) is 4.72 Å².